The summed E-state index contributed by atoms with van der Waals surface area (Å²) < 4.78 is 0. The highest BCUT2D eigenvalue weighted by Crippen LogP contribution is 2.03. The van der Waals surface area contributed by atoms with Crippen LogP contribution in [0, 0.1) is 0 Å². The Hall–Kier alpha value is -0.780. The third kappa shape index (κ3) is 4.95. The summed E-state index contributed by atoms with van der Waals surface area (Å²) in [6.45, 7) is 0. The lowest BCUT2D eigenvalue weighted by atomic mass is 10.1. The van der Waals surface area contributed by atoms with E-state index in [9.17, 15) is 0 Å². The lowest BCUT2D eigenvalue weighted by molar-refractivity contribution is 0.859. The smallest absolute Gasteiger partial charge is 0.0169 e. The Balaban J connectivity index is 2.30. The monoisotopic (exact) mass is 162 g/mol. The van der Waals surface area contributed by atoms with Crippen molar-refractivity contribution in [2.75, 3.05) is 0 Å². The van der Waals surface area contributed by atoms with E-state index in [-0.39, 0.29) is 0 Å². The first-order chi connectivity index (χ1) is 6.00. The van der Waals surface area contributed by atoms with E-state index in [1.807, 2.05) is 0 Å². The Labute approximate surface area is 75.7 Å². The molecule has 0 heteroatoms. The molecule has 66 valence electrons. The molecule has 0 amide bonds. The molecule has 0 saturated carbocycles. The van der Waals surface area contributed by atoms with E-state index >= 15 is 0 Å². The van der Waals surface area contributed by atoms with Gasteiger partial charge in [-0.1, -0.05) is 36.5 Å². The first-order valence-corrected chi connectivity index (χ1v) is 4.95. The van der Waals surface area contributed by atoms with Crippen molar-refractivity contribution < 1.29 is 0 Å². The molecule has 0 bridgehead atoms. The van der Waals surface area contributed by atoms with Crippen LogP contribution in [-0.2, 0) is 0 Å². The van der Waals surface area contributed by atoms with Crippen LogP contribution in [-0.4, -0.2) is 0 Å². The molecule has 0 aliphatic heterocycles. The van der Waals surface area contributed by atoms with Gasteiger partial charge < -0.3 is 0 Å². The highest BCUT2D eigenvalue weighted by atomic mass is 13.9. The average molecular weight is 162 g/mol. The molecule has 0 saturated heterocycles. The predicted molar refractivity (Wildman–Crippen MR) is 55.1 cm³/mol. The largest absolute Gasteiger partial charge is 0.0885 e. The number of hydrogen-bond acceptors (Lipinski definition) is 0. The summed E-state index contributed by atoms with van der Waals surface area (Å²) in [4.78, 5) is 0. The first-order valence-electron chi connectivity index (χ1n) is 4.95. The minimum Gasteiger partial charge on any atom is -0.0885 e. The SMILES string of the molecule is C1=CCC/C=C/CCC/C=C/C1. The molecule has 0 aromatic heterocycles. The van der Waals surface area contributed by atoms with Gasteiger partial charge in [-0.05, 0) is 38.5 Å². The molecule has 1 aliphatic carbocycles. The molecule has 0 aromatic carbocycles. The lowest BCUT2D eigenvalue weighted by Gasteiger charge is -1.92. The molecule has 0 N–H and O–H groups in total. The molecule has 0 nitrogen and oxygen atoms in total. The standard InChI is InChI=1S/C12H18/c1-2-4-6-8-10-12-11-9-7-5-3-1/h1-2,5,7-8,10H,3-4,6,9,11-12H2/b2-1?,7-5+,10-8+. The second kappa shape index (κ2) is 6.90. The van der Waals surface area contributed by atoms with Gasteiger partial charge in [0.15, 0.2) is 0 Å². The lowest BCUT2D eigenvalue weighted by Crippen LogP contribution is -1.72. The fourth-order valence-electron chi connectivity index (χ4n) is 1.29. The summed E-state index contributed by atoms with van der Waals surface area (Å²) in [6.07, 6.45) is 21.0. The topological polar surface area (TPSA) is 0 Å². The van der Waals surface area contributed by atoms with E-state index in [0.717, 1.165) is 6.42 Å². The molecule has 0 fully saturated rings. The third-order valence-electron chi connectivity index (χ3n) is 2.01. The van der Waals surface area contributed by atoms with Gasteiger partial charge in [-0.15, -0.1) is 0 Å². The van der Waals surface area contributed by atoms with E-state index in [1.54, 1.807) is 0 Å². The van der Waals surface area contributed by atoms with Crippen LogP contribution in [0.25, 0.3) is 0 Å². The van der Waals surface area contributed by atoms with Gasteiger partial charge in [-0.25, -0.2) is 0 Å². The van der Waals surface area contributed by atoms with E-state index in [2.05, 4.69) is 36.5 Å². The zero-order valence-corrected chi connectivity index (χ0v) is 7.71. The molecule has 0 aromatic rings. The van der Waals surface area contributed by atoms with Crippen molar-refractivity contribution in [1.82, 2.24) is 0 Å². The Bertz CT molecular complexity index is 172. The van der Waals surface area contributed by atoms with Crippen LogP contribution < -0.4 is 0 Å². The predicted octanol–water partition coefficient (Wildman–Crippen LogP) is 4.01. The molecule has 0 unspecified atom stereocenters. The van der Waals surface area contributed by atoms with Gasteiger partial charge in [0, 0.05) is 0 Å². The molecule has 1 aliphatic rings. The maximum Gasteiger partial charge on any atom is -0.0169 e. The summed E-state index contributed by atoms with van der Waals surface area (Å²) in [7, 11) is 0. The van der Waals surface area contributed by atoms with Gasteiger partial charge in [0.1, 0.15) is 0 Å². The van der Waals surface area contributed by atoms with Gasteiger partial charge >= 0.3 is 0 Å². The van der Waals surface area contributed by atoms with Crippen molar-refractivity contribution in [1.29, 1.82) is 0 Å². The molecule has 0 radical (unpaired) electrons. The van der Waals surface area contributed by atoms with Crippen LogP contribution in [0.5, 0.6) is 0 Å². The quantitative estimate of drug-likeness (QED) is 0.472. The Morgan fingerprint density at radius 2 is 1.00 bits per heavy atom. The number of hydrogen-bond donors (Lipinski definition) is 0. The van der Waals surface area contributed by atoms with Crippen molar-refractivity contribution in [2.45, 2.75) is 38.5 Å². The number of rotatable bonds is 0. The van der Waals surface area contributed by atoms with Crippen molar-refractivity contribution >= 4 is 0 Å². The van der Waals surface area contributed by atoms with Crippen LogP contribution in [0.4, 0.5) is 0 Å². The van der Waals surface area contributed by atoms with Crippen molar-refractivity contribution in [3.8, 4) is 0 Å². The molecule has 0 heterocycles. The fourth-order valence-corrected chi connectivity index (χ4v) is 1.29. The Kier molecular flexibility index (Phi) is 5.35. The average Bonchev–Trinajstić information content (AvgIpc) is 2.05. The molecular formula is C12H18. The van der Waals surface area contributed by atoms with Gasteiger partial charge in [0.05, 0.1) is 0 Å². The molecular weight excluding hydrogens is 144 g/mol. The van der Waals surface area contributed by atoms with E-state index in [1.165, 1.54) is 32.1 Å². The van der Waals surface area contributed by atoms with Gasteiger partial charge in [0.2, 0.25) is 0 Å². The van der Waals surface area contributed by atoms with E-state index in [0.29, 0.717) is 0 Å². The van der Waals surface area contributed by atoms with Crippen LogP contribution in [0.1, 0.15) is 38.5 Å². The Morgan fingerprint density at radius 3 is 1.75 bits per heavy atom. The van der Waals surface area contributed by atoms with E-state index < -0.39 is 0 Å². The summed E-state index contributed by atoms with van der Waals surface area (Å²) in [5.74, 6) is 0. The summed E-state index contributed by atoms with van der Waals surface area (Å²) in [6, 6.07) is 0. The zero-order chi connectivity index (χ0) is 8.49. The second-order valence-corrected chi connectivity index (χ2v) is 3.16. The highest BCUT2D eigenvalue weighted by molar-refractivity contribution is 4.95. The maximum absolute atomic E-state index is 2.31. The molecule has 0 atom stereocenters. The van der Waals surface area contributed by atoms with Crippen LogP contribution in [0.2, 0.25) is 0 Å². The van der Waals surface area contributed by atoms with Gasteiger partial charge in [-0.3, -0.25) is 0 Å². The highest BCUT2D eigenvalue weighted by Gasteiger charge is 1.82. The molecule has 12 heavy (non-hydrogen) atoms. The van der Waals surface area contributed by atoms with Crippen molar-refractivity contribution in [3.05, 3.63) is 36.5 Å². The fraction of sp³-hybridized carbons (Fsp3) is 0.500. The summed E-state index contributed by atoms with van der Waals surface area (Å²) in [5, 5.41) is 0. The summed E-state index contributed by atoms with van der Waals surface area (Å²) in [5.41, 5.74) is 0. The number of allylic oxidation sites excluding steroid dienone is 6. The van der Waals surface area contributed by atoms with Crippen molar-refractivity contribution in [2.24, 2.45) is 0 Å². The molecule has 0 spiro atoms. The zero-order valence-electron chi connectivity index (χ0n) is 7.71. The normalized spacial score (nSPS) is 25.3. The maximum atomic E-state index is 2.31. The van der Waals surface area contributed by atoms with Crippen LogP contribution >= 0.6 is 0 Å². The Morgan fingerprint density at radius 1 is 0.500 bits per heavy atom. The van der Waals surface area contributed by atoms with Gasteiger partial charge in [0.25, 0.3) is 0 Å². The van der Waals surface area contributed by atoms with Crippen LogP contribution in [0.3, 0.4) is 0 Å². The summed E-state index contributed by atoms with van der Waals surface area (Å²) >= 11 is 0. The van der Waals surface area contributed by atoms with Gasteiger partial charge in [-0.2, -0.15) is 0 Å². The van der Waals surface area contributed by atoms with Crippen LogP contribution in [0.15, 0.2) is 36.5 Å². The minimum absolute atomic E-state index is 1.11. The van der Waals surface area contributed by atoms with E-state index in [4.69, 9.17) is 0 Å². The minimum atomic E-state index is 1.11. The van der Waals surface area contributed by atoms with Crippen molar-refractivity contribution in [3.63, 3.8) is 0 Å². The molecule has 1 rings (SSSR count). The first kappa shape index (κ1) is 9.31. The second-order valence-electron chi connectivity index (χ2n) is 3.16. The third-order valence-corrected chi connectivity index (χ3v) is 2.01.